The largest absolute Gasteiger partial charge is 0.872 e. The summed E-state index contributed by atoms with van der Waals surface area (Å²) < 4.78 is 10.9. The molecule has 0 aliphatic carbocycles. The first kappa shape index (κ1) is 22.7. The number of amides is 1. The maximum Gasteiger partial charge on any atom is 0.254 e. The van der Waals surface area contributed by atoms with Gasteiger partial charge in [-0.15, -0.1) is 0 Å². The number of fused-ring (bicyclic) bond motifs is 1. The van der Waals surface area contributed by atoms with Crippen molar-refractivity contribution < 1.29 is 28.7 Å². The topological polar surface area (TPSA) is 87.2 Å². The third kappa shape index (κ3) is 4.50. The minimum absolute atomic E-state index is 0.0264. The molecule has 0 spiro atoms. The molecule has 1 saturated heterocycles. The van der Waals surface area contributed by atoms with E-state index in [0.717, 1.165) is 0 Å². The molecule has 3 aromatic carbocycles. The SMILES string of the molecule is COc1ccc(C(=O)c2coc3ccc([O-])c(C[NH+]4CCN(C(=O)c5ccccc5)CC4)c23)cc1. The average Bonchev–Trinajstić information content (AvgIpc) is 3.35. The van der Waals surface area contributed by atoms with Gasteiger partial charge in [0.05, 0.1) is 38.9 Å². The molecule has 178 valence electrons. The molecule has 4 aromatic rings. The van der Waals surface area contributed by atoms with E-state index in [4.69, 9.17) is 9.15 Å². The molecule has 0 saturated carbocycles. The summed E-state index contributed by atoms with van der Waals surface area (Å²) in [6, 6.07) is 19.3. The van der Waals surface area contributed by atoms with E-state index in [1.54, 1.807) is 37.4 Å². The lowest BCUT2D eigenvalue weighted by Crippen LogP contribution is -3.13. The number of piperazine rings is 1. The van der Waals surface area contributed by atoms with Crippen LogP contribution in [0.1, 0.15) is 31.8 Å². The summed E-state index contributed by atoms with van der Waals surface area (Å²) in [6.45, 7) is 3.11. The van der Waals surface area contributed by atoms with Gasteiger partial charge in [0.25, 0.3) is 5.91 Å². The molecule has 1 aliphatic rings. The average molecular weight is 471 g/mol. The van der Waals surface area contributed by atoms with E-state index >= 15 is 0 Å². The molecule has 1 N–H and O–H groups in total. The monoisotopic (exact) mass is 470 g/mol. The predicted molar refractivity (Wildman–Crippen MR) is 129 cm³/mol. The first-order valence-electron chi connectivity index (χ1n) is 11.6. The highest BCUT2D eigenvalue weighted by molar-refractivity contribution is 6.16. The maximum absolute atomic E-state index is 13.3. The van der Waals surface area contributed by atoms with Gasteiger partial charge in [0.15, 0.2) is 5.78 Å². The number of furan rings is 1. The second-order valence-corrected chi connectivity index (χ2v) is 8.71. The van der Waals surface area contributed by atoms with Crippen molar-refractivity contribution in [2.24, 2.45) is 0 Å². The summed E-state index contributed by atoms with van der Waals surface area (Å²) in [5.41, 5.74) is 2.66. The maximum atomic E-state index is 13.3. The van der Waals surface area contributed by atoms with Crippen molar-refractivity contribution in [2.45, 2.75) is 6.54 Å². The Morgan fingerprint density at radius 2 is 1.69 bits per heavy atom. The molecule has 35 heavy (non-hydrogen) atoms. The standard InChI is InChI=1S/C28H26N2O5/c1-34-21-9-7-19(8-10-21)27(32)23-18-35-25-12-11-24(31)22(26(23)25)17-29-13-15-30(16-14-29)28(33)20-5-3-2-4-6-20/h2-12,18,31H,13-17H2,1H3. The van der Waals surface area contributed by atoms with Crippen molar-refractivity contribution in [3.63, 3.8) is 0 Å². The quantitative estimate of drug-likeness (QED) is 0.437. The summed E-state index contributed by atoms with van der Waals surface area (Å²) in [6.07, 6.45) is 1.44. The molecule has 7 heteroatoms. The number of hydrogen-bond acceptors (Lipinski definition) is 5. The molecule has 0 unspecified atom stereocenters. The van der Waals surface area contributed by atoms with Crippen LogP contribution in [-0.4, -0.2) is 49.9 Å². The Bertz CT molecular complexity index is 1350. The van der Waals surface area contributed by atoms with E-state index in [1.165, 1.54) is 17.2 Å². The molecule has 5 rings (SSSR count). The number of carbonyl (C=O) groups excluding carboxylic acids is 2. The Balaban J connectivity index is 1.36. The minimum atomic E-state index is -0.202. The molecule has 1 aromatic heterocycles. The zero-order valence-electron chi connectivity index (χ0n) is 19.5. The second-order valence-electron chi connectivity index (χ2n) is 8.71. The van der Waals surface area contributed by atoms with Crippen molar-refractivity contribution in [3.05, 3.63) is 95.2 Å². The van der Waals surface area contributed by atoms with E-state index in [2.05, 4.69) is 0 Å². The summed E-state index contributed by atoms with van der Waals surface area (Å²) >= 11 is 0. The lowest BCUT2D eigenvalue weighted by molar-refractivity contribution is -0.917. The van der Waals surface area contributed by atoms with Crippen LogP contribution in [0.15, 0.2) is 77.4 Å². The number of nitrogens with zero attached hydrogens (tertiary/aromatic N) is 1. The normalized spacial score (nSPS) is 14.3. The van der Waals surface area contributed by atoms with Gasteiger partial charge in [0, 0.05) is 22.1 Å². The summed E-state index contributed by atoms with van der Waals surface area (Å²) in [5.74, 6) is 0.373. The van der Waals surface area contributed by atoms with Crippen molar-refractivity contribution in [2.75, 3.05) is 33.3 Å². The van der Waals surface area contributed by atoms with Crippen molar-refractivity contribution in [1.82, 2.24) is 4.90 Å². The van der Waals surface area contributed by atoms with E-state index in [0.29, 0.717) is 71.7 Å². The van der Waals surface area contributed by atoms with Gasteiger partial charge in [-0.3, -0.25) is 9.59 Å². The molecule has 1 fully saturated rings. The molecule has 7 nitrogen and oxygen atoms in total. The number of ketones is 1. The van der Waals surface area contributed by atoms with Gasteiger partial charge in [-0.25, -0.2) is 0 Å². The molecule has 2 heterocycles. The second kappa shape index (κ2) is 9.64. The fourth-order valence-electron chi connectivity index (χ4n) is 4.64. The molecule has 0 radical (unpaired) electrons. The van der Waals surface area contributed by atoms with E-state index < -0.39 is 0 Å². The van der Waals surface area contributed by atoms with Crippen molar-refractivity contribution >= 4 is 22.7 Å². The lowest BCUT2D eigenvalue weighted by Gasteiger charge is -2.33. The van der Waals surface area contributed by atoms with Gasteiger partial charge in [0.2, 0.25) is 0 Å². The van der Waals surface area contributed by atoms with Gasteiger partial charge in [-0.1, -0.05) is 30.0 Å². The minimum Gasteiger partial charge on any atom is -0.872 e. The smallest absolute Gasteiger partial charge is 0.254 e. The third-order valence-corrected chi connectivity index (χ3v) is 6.61. The zero-order valence-corrected chi connectivity index (χ0v) is 19.5. The Hall–Kier alpha value is -4.10. The van der Waals surface area contributed by atoms with Gasteiger partial charge in [0.1, 0.15) is 24.1 Å². The summed E-state index contributed by atoms with van der Waals surface area (Å²) in [7, 11) is 1.57. The lowest BCUT2D eigenvalue weighted by atomic mass is 9.98. The Morgan fingerprint density at radius 3 is 2.37 bits per heavy atom. The highest BCUT2D eigenvalue weighted by Crippen LogP contribution is 2.31. The van der Waals surface area contributed by atoms with Gasteiger partial charge in [-0.05, 0) is 42.5 Å². The number of carbonyl (C=O) groups is 2. The molecule has 0 bridgehead atoms. The van der Waals surface area contributed by atoms with Crippen LogP contribution in [0.5, 0.6) is 11.5 Å². The first-order valence-corrected chi connectivity index (χ1v) is 11.6. The van der Waals surface area contributed by atoms with Gasteiger partial charge >= 0.3 is 0 Å². The van der Waals surface area contributed by atoms with Crippen molar-refractivity contribution in [1.29, 1.82) is 0 Å². The Morgan fingerprint density at radius 1 is 0.971 bits per heavy atom. The van der Waals surface area contributed by atoms with Gasteiger partial charge < -0.3 is 24.1 Å². The van der Waals surface area contributed by atoms with Gasteiger partial charge in [-0.2, -0.15) is 0 Å². The molecule has 1 aliphatic heterocycles. The third-order valence-electron chi connectivity index (χ3n) is 6.61. The fourth-order valence-corrected chi connectivity index (χ4v) is 4.64. The van der Waals surface area contributed by atoms with Crippen molar-refractivity contribution in [3.8, 4) is 11.5 Å². The summed E-state index contributed by atoms with van der Waals surface area (Å²) in [5, 5.41) is 13.5. The van der Waals surface area contributed by atoms with E-state index in [9.17, 15) is 14.7 Å². The predicted octanol–water partition coefficient (Wildman–Crippen LogP) is 2.29. The fraction of sp³-hybridized carbons (Fsp3) is 0.214. The van der Waals surface area contributed by atoms with Crippen LogP contribution in [0.25, 0.3) is 11.0 Å². The molecular weight excluding hydrogens is 444 g/mol. The highest BCUT2D eigenvalue weighted by atomic mass is 16.5. The number of rotatable bonds is 6. The van der Waals surface area contributed by atoms with E-state index in [1.807, 2.05) is 35.2 Å². The van der Waals surface area contributed by atoms with Crippen LogP contribution in [0, 0.1) is 0 Å². The molecular formula is C28H26N2O5. The van der Waals surface area contributed by atoms with Crippen LogP contribution in [0.2, 0.25) is 0 Å². The first-order chi connectivity index (χ1) is 17.0. The Kier molecular flexibility index (Phi) is 6.25. The number of nitrogens with one attached hydrogen (secondary N) is 1. The Labute approximate surface area is 203 Å². The summed E-state index contributed by atoms with van der Waals surface area (Å²) in [4.78, 5) is 29.1. The number of hydrogen-bond donors (Lipinski definition) is 1. The zero-order chi connectivity index (χ0) is 24.4. The van der Waals surface area contributed by atoms with Crippen LogP contribution >= 0.6 is 0 Å². The van der Waals surface area contributed by atoms with Crippen LogP contribution < -0.4 is 14.7 Å². The number of quaternary nitrogens is 1. The van der Waals surface area contributed by atoms with Crippen LogP contribution in [-0.2, 0) is 6.54 Å². The number of methoxy groups -OCH3 is 1. The highest BCUT2D eigenvalue weighted by Gasteiger charge is 2.26. The van der Waals surface area contributed by atoms with E-state index in [-0.39, 0.29) is 17.4 Å². The van der Waals surface area contributed by atoms with Crippen LogP contribution in [0.4, 0.5) is 0 Å². The number of ether oxygens (including phenoxy) is 1. The number of benzene rings is 3. The molecule has 0 atom stereocenters. The van der Waals surface area contributed by atoms with Crippen LogP contribution in [0.3, 0.4) is 0 Å². The molecule has 1 amide bonds.